The number of hydrogen-bond acceptors (Lipinski definition) is 5. The van der Waals surface area contributed by atoms with E-state index in [0.29, 0.717) is 10.7 Å². The van der Waals surface area contributed by atoms with Crippen LogP contribution in [0.5, 0.6) is 5.75 Å². The molecule has 2 heterocycles. The normalized spacial score (nSPS) is 10.7. The molecule has 20 heavy (non-hydrogen) atoms. The fourth-order valence-electron chi connectivity index (χ4n) is 1.94. The second-order valence-electron chi connectivity index (χ2n) is 4.13. The van der Waals surface area contributed by atoms with Crippen LogP contribution in [0.15, 0.2) is 40.2 Å². The molecule has 0 spiro atoms. The third-order valence-corrected chi connectivity index (χ3v) is 4.03. The third kappa shape index (κ3) is 2.26. The van der Waals surface area contributed by atoms with Crippen molar-refractivity contribution in [1.82, 2.24) is 5.16 Å². The van der Waals surface area contributed by atoms with Gasteiger partial charge in [-0.1, -0.05) is 28.9 Å². The molecular formula is C14H11ClN2O2S. The van der Waals surface area contributed by atoms with Crippen molar-refractivity contribution in [2.75, 3.05) is 12.8 Å². The van der Waals surface area contributed by atoms with Crippen LogP contribution in [0.3, 0.4) is 0 Å². The zero-order valence-electron chi connectivity index (χ0n) is 10.6. The van der Waals surface area contributed by atoms with Gasteiger partial charge in [0.25, 0.3) is 0 Å². The summed E-state index contributed by atoms with van der Waals surface area (Å²) in [6.45, 7) is 0. The number of methoxy groups -OCH3 is 1. The average Bonchev–Trinajstić information content (AvgIpc) is 3.04. The lowest BCUT2D eigenvalue weighted by atomic mass is 10.0. The van der Waals surface area contributed by atoms with E-state index < -0.39 is 0 Å². The number of nitrogens with zero attached hydrogens (tertiary/aromatic N) is 1. The van der Waals surface area contributed by atoms with Crippen molar-refractivity contribution in [2.45, 2.75) is 0 Å². The second-order valence-corrected chi connectivity index (χ2v) is 5.48. The molecule has 0 saturated heterocycles. The fourth-order valence-corrected chi connectivity index (χ4v) is 2.98. The molecule has 4 nitrogen and oxygen atoms in total. The van der Waals surface area contributed by atoms with Crippen molar-refractivity contribution < 1.29 is 9.26 Å². The molecule has 3 aromatic rings. The van der Waals surface area contributed by atoms with Crippen LogP contribution in [-0.2, 0) is 0 Å². The van der Waals surface area contributed by atoms with Crippen LogP contribution in [0, 0.1) is 0 Å². The number of nitrogens with two attached hydrogens (primary N) is 1. The minimum Gasteiger partial charge on any atom is -0.496 e. The number of halogens is 1. The van der Waals surface area contributed by atoms with Crippen molar-refractivity contribution in [3.63, 3.8) is 0 Å². The minimum atomic E-state index is 0.273. The number of thiophene rings is 1. The maximum atomic E-state index is 6.03. The zero-order chi connectivity index (χ0) is 14.1. The molecule has 0 aliphatic rings. The Hall–Kier alpha value is -1.98. The van der Waals surface area contributed by atoms with Gasteiger partial charge in [-0.15, -0.1) is 11.3 Å². The van der Waals surface area contributed by atoms with Crippen LogP contribution < -0.4 is 10.5 Å². The number of nitrogen functional groups attached to an aromatic ring is 1. The Morgan fingerprint density at radius 3 is 2.90 bits per heavy atom. The maximum Gasteiger partial charge on any atom is 0.230 e. The molecule has 2 aromatic heterocycles. The number of ether oxygens (including phenoxy) is 1. The van der Waals surface area contributed by atoms with E-state index in [1.165, 1.54) is 11.3 Å². The van der Waals surface area contributed by atoms with Crippen LogP contribution in [0.2, 0.25) is 5.02 Å². The van der Waals surface area contributed by atoms with Crippen LogP contribution in [0.4, 0.5) is 5.88 Å². The van der Waals surface area contributed by atoms with Gasteiger partial charge in [0.1, 0.15) is 11.4 Å². The van der Waals surface area contributed by atoms with Gasteiger partial charge in [-0.25, -0.2) is 0 Å². The minimum absolute atomic E-state index is 0.273. The van der Waals surface area contributed by atoms with E-state index in [1.807, 2.05) is 35.7 Å². The van der Waals surface area contributed by atoms with E-state index >= 15 is 0 Å². The molecule has 0 amide bonds. The van der Waals surface area contributed by atoms with E-state index in [2.05, 4.69) is 5.16 Å². The first kappa shape index (κ1) is 13.0. The van der Waals surface area contributed by atoms with Gasteiger partial charge >= 0.3 is 0 Å². The van der Waals surface area contributed by atoms with Gasteiger partial charge in [-0.3, -0.25) is 0 Å². The highest BCUT2D eigenvalue weighted by molar-refractivity contribution is 7.13. The van der Waals surface area contributed by atoms with Gasteiger partial charge in [0.2, 0.25) is 5.88 Å². The van der Waals surface area contributed by atoms with Gasteiger partial charge in [0.15, 0.2) is 0 Å². The topological polar surface area (TPSA) is 61.3 Å². The number of benzene rings is 1. The van der Waals surface area contributed by atoms with Gasteiger partial charge in [0.05, 0.1) is 17.6 Å². The quantitative estimate of drug-likeness (QED) is 0.783. The van der Waals surface area contributed by atoms with Crippen LogP contribution >= 0.6 is 22.9 Å². The zero-order valence-corrected chi connectivity index (χ0v) is 12.2. The second kappa shape index (κ2) is 5.19. The van der Waals surface area contributed by atoms with Crippen LogP contribution in [-0.4, -0.2) is 12.3 Å². The summed E-state index contributed by atoms with van der Waals surface area (Å²) >= 11 is 7.55. The average molecular weight is 307 g/mol. The van der Waals surface area contributed by atoms with Crippen molar-refractivity contribution >= 4 is 28.8 Å². The lowest BCUT2D eigenvalue weighted by Gasteiger charge is -2.01. The van der Waals surface area contributed by atoms with E-state index in [-0.39, 0.29) is 5.88 Å². The van der Waals surface area contributed by atoms with E-state index in [1.54, 1.807) is 7.11 Å². The van der Waals surface area contributed by atoms with Gasteiger partial charge in [-0.05, 0) is 17.7 Å². The van der Waals surface area contributed by atoms with Crippen LogP contribution in [0.1, 0.15) is 0 Å². The number of rotatable bonds is 3. The first-order chi connectivity index (χ1) is 9.69. The summed E-state index contributed by atoms with van der Waals surface area (Å²) in [4.78, 5) is 0.928. The van der Waals surface area contributed by atoms with Crippen molar-refractivity contribution in [2.24, 2.45) is 0 Å². The molecule has 0 fully saturated rings. The molecule has 0 radical (unpaired) electrons. The van der Waals surface area contributed by atoms with Crippen molar-refractivity contribution in [1.29, 1.82) is 0 Å². The number of aromatic nitrogens is 1. The largest absolute Gasteiger partial charge is 0.496 e. The predicted octanol–water partition coefficient (Wildman–Crippen LogP) is 4.31. The fraction of sp³-hybridized carbons (Fsp3) is 0.0714. The molecule has 0 bridgehead atoms. The summed E-state index contributed by atoms with van der Waals surface area (Å²) in [5, 5.41) is 6.59. The highest BCUT2D eigenvalue weighted by Crippen LogP contribution is 2.40. The lowest BCUT2D eigenvalue weighted by Crippen LogP contribution is -1.86. The summed E-state index contributed by atoms with van der Waals surface area (Å²) in [7, 11) is 1.63. The Morgan fingerprint density at radius 1 is 1.35 bits per heavy atom. The monoisotopic (exact) mass is 306 g/mol. The first-order valence-corrected chi connectivity index (χ1v) is 7.09. The Balaban J connectivity index is 2.14. The van der Waals surface area contributed by atoms with E-state index in [4.69, 9.17) is 26.6 Å². The summed E-state index contributed by atoms with van der Waals surface area (Å²) in [6.07, 6.45) is 0. The van der Waals surface area contributed by atoms with Gasteiger partial charge in [-0.2, -0.15) is 0 Å². The predicted molar refractivity (Wildman–Crippen MR) is 81.2 cm³/mol. The molecule has 0 aliphatic heterocycles. The number of hydrogen-bond donors (Lipinski definition) is 1. The third-order valence-electron chi connectivity index (χ3n) is 2.88. The summed E-state index contributed by atoms with van der Waals surface area (Å²) in [5.41, 5.74) is 8.21. The molecule has 6 heteroatoms. The van der Waals surface area contributed by atoms with E-state index in [9.17, 15) is 0 Å². The number of anilines is 1. The summed E-state index contributed by atoms with van der Waals surface area (Å²) in [6, 6.07) is 9.32. The lowest BCUT2D eigenvalue weighted by molar-refractivity contribution is 0.416. The Kier molecular flexibility index (Phi) is 3.38. The molecule has 0 saturated carbocycles. The van der Waals surface area contributed by atoms with E-state index in [0.717, 1.165) is 21.8 Å². The molecule has 102 valence electrons. The maximum absolute atomic E-state index is 6.03. The molecular weight excluding hydrogens is 296 g/mol. The van der Waals surface area contributed by atoms with Crippen molar-refractivity contribution in [3.8, 4) is 27.4 Å². The molecule has 0 atom stereocenters. The Labute approximate surface area is 124 Å². The van der Waals surface area contributed by atoms with Gasteiger partial charge < -0.3 is 15.0 Å². The molecule has 3 rings (SSSR count). The standard InChI is InChI=1S/C14H11ClN2O2S/c1-18-10-6-11(20-7-10)13-12(14(16)19-17-13)8-3-2-4-9(15)5-8/h2-7H,16H2,1H3. The molecule has 1 aromatic carbocycles. The molecule has 2 N–H and O–H groups in total. The first-order valence-electron chi connectivity index (χ1n) is 5.83. The molecule has 0 unspecified atom stereocenters. The summed E-state index contributed by atoms with van der Waals surface area (Å²) in [5.74, 6) is 1.05. The van der Waals surface area contributed by atoms with Gasteiger partial charge in [0, 0.05) is 16.5 Å². The van der Waals surface area contributed by atoms with Crippen LogP contribution in [0.25, 0.3) is 21.7 Å². The SMILES string of the molecule is COc1csc(-c2noc(N)c2-c2cccc(Cl)c2)c1. The smallest absolute Gasteiger partial charge is 0.230 e. The molecule has 0 aliphatic carbocycles. The highest BCUT2D eigenvalue weighted by Gasteiger charge is 2.19. The highest BCUT2D eigenvalue weighted by atomic mass is 35.5. The Bertz CT molecular complexity index is 751. The van der Waals surface area contributed by atoms with Crippen molar-refractivity contribution in [3.05, 3.63) is 40.7 Å². The summed E-state index contributed by atoms with van der Waals surface area (Å²) < 4.78 is 10.3. The Morgan fingerprint density at radius 2 is 2.20 bits per heavy atom.